The minimum Gasteiger partial charge on any atom is -0.468 e. The molecule has 0 aliphatic rings. The number of benzene rings is 1. The van der Waals surface area contributed by atoms with Crippen LogP contribution < -0.4 is 5.32 Å². The number of carbonyl (C=O) groups excluding carboxylic acids is 3. The lowest BCUT2D eigenvalue weighted by molar-refractivity contribution is -0.145. The van der Waals surface area contributed by atoms with Crippen LogP contribution >= 0.6 is 0 Å². The Bertz CT molecular complexity index is 496. The monoisotopic (exact) mass is 278 g/mol. The molecule has 108 valence electrons. The maximum Gasteiger partial charge on any atom is 0.325 e. The molecule has 1 aromatic rings. The van der Waals surface area contributed by atoms with Gasteiger partial charge >= 0.3 is 5.97 Å². The highest BCUT2D eigenvalue weighted by Gasteiger charge is 2.14. The summed E-state index contributed by atoms with van der Waals surface area (Å²) in [5, 5.41) is 2.51. The molecule has 0 saturated heterocycles. The molecule has 6 heteroatoms. The molecule has 1 N–H and O–H groups in total. The number of esters is 1. The number of hydrogen-bond donors (Lipinski definition) is 1. The van der Waals surface area contributed by atoms with Crippen LogP contribution in [0, 0.1) is 6.92 Å². The van der Waals surface area contributed by atoms with Crippen molar-refractivity contribution in [1.82, 2.24) is 10.2 Å². The molecule has 0 heterocycles. The van der Waals surface area contributed by atoms with Gasteiger partial charge in [-0.05, 0) is 19.1 Å². The van der Waals surface area contributed by atoms with E-state index in [2.05, 4.69) is 10.1 Å². The second-order valence-electron chi connectivity index (χ2n) is 4.37. The summed E-state index contributed by atoms with van der Waals surface area (Å²) >= 11 is 0. The summed E-state index contributed by atoms with van der Waals surface area (Å²) in [6.45, 7) is 1.61. The number of hydrogen-bond acceptors (Lipinski definition) is 4. The Morgan fingerprint density at radius 1 is 1.20 bits per heavy atom. The minimum absolute atomic E-state index is 0.143. The van der Waals surface area contributed by atoms with Crippen LogP contribution in [0.5, 0.6) is 0 Å². The summed E-state index contributed by atoms with van der Waals surface area (Å²) < 4.78 is 4.46. The van der Waals surface area contributed by atoms with Crippen LogP contribution in [-0.2, 0) is 14.3 Å². The van der Waals surface area contributed by atoms with Crippen LogP contribution in [0.25, 0.3) is 0 Å². The van der Waals surface area contributed by atoms with Crippen molar-refractivity contribution in [3.63, 3.8) is 0 Å². The van der Waals surface area contributed by atoms with Crippen LogP contribution in [0.4, 0.5) is 0 Å². The van der Waals surface area contributed by atoms with Crippen molar-refractivity contribution in [2.75, 3.05) is 27.2 Å². The van der Waals surface area contributed by atoms with E-state index in [-0.39, 0.29) is 24.9 Å². The topological polar surface area (TPSA) is 75.7 Å². The van der Waals surface area contributed by atoms with E-state index in [1.807, 2.05) is 19.1 Å². The van der Waals surface area contributed by atoms with Crippen molar-refractivity contribution in [3.8, 4) is 0 Å². The van der Waals surface area contributed by atoms with Crippen LogP contribution in [0.2, 0.25) is 0 Å². The molecule has 0 spiro atoms. The molecular weight excluding hydrogens is 260 g/mol. The van der Waals surface area contributed by atoms with Gasteiger partial charge in [-0.15, -0.1) is 0 Å². The number of nitrogens with zero attached hydrogens (tertiary/aromatic N) is 1. The predicted octanol–water partition coefficient (Wildman–Crippen LogP) is 0.356. The van der Waals surface area contributed by atoms with Gasteiger partial charge < -0.3 is 15.0 Å². The van der Waals surface area contributed by atoms with Crippen LogP contribution in [-0.4, -0.2) is 49.9 Å². The maximum atomic E-state index is 11.8. The normalized spacial score (nSPS) is 9.75. The first-order valence-corrected chi connectivity index (χ1v) is 6.09. The Morgan fingerprint density at radius 3 is 2.35 bits per heavy atom. The number of amides is 2. The highest BCUT2D eigenvalue weighted by atomic mass is 16.5. The zero-order chi connectivity index (χ0) is 15.1. The van der Waals surface area contributed by atoms with E-state index in [4.69, 9.17) is 0 Å². The van der Waals surface area contributed by atoms with Crippen LogP contribution in [0.3, 0.4) is 0 Å². The lowest BCUT2D eigenvalue weighted by Crippen LogP contribution is -2.40. The van der Waals surface area contributed by atoms with E-state index in [1.165, 1.54) is 19.1 Å². The van der Waals surface area contributed by atoms with Gasteiger partial charge in [-0.1, -0.05) is 17.7 Å². The number of aryl methyl sites for hydroxylation is 1. The lowest BCUT2D eigenvalue weighted by Gasteiger charge is -2.15. The molecule has 0 unspecified atom stereocenters. The summed E-state index contributed by atoms with van der Waals surface area (Å²) in [5.74, 6) is -1.20. The Morgan fingerprint density at radius 2 is 1.80 bits per heavy atom. The first kappa shape index (κ1) is 15.7. The molecule has 0 radical (unpaired) electrons. The van der Waals surface area contributed by atoms with Crippen molar-refractivity contribution < 1.29 is 19.1 Å². The van der Waals surface area contributed by atoms with E-state index >= 15 is 0 Å². The van der Waals surface area contributed by atoms with Gasteiger partial charge in [0.05, 0.1) is 13.7 Å². The second kappa shape index (κ2) is 7.28. The zero-order valence-electron chi connectivity index (χ0n) is 11.8. The standard InChI is InChI=1S/C14H18N2O4/c1-10-4-6-11(7-5-10)14(19)15-8-12(17)16(2)9-13(18)20-3/h4-7H,8-9H2,1-3H3,(H,15,19). The third-order valence-electron chi connectivity index (χ3n) is 2.73. The molecule has 6 nitrogen and oxygen atoms in total. The van der Waals surface area contributed by atoms with Crippen LogP contribution in [0.1, 0.15) is 15.9 Å². The van der Waals surface area contributed by atoms with Gasteiger partial charge in [0, 0.05) is 12.6 Å². The molecule has 0 fully saturated rings. The maximum absolute atomic E-state index is 11.8. The van der Waals surface area contributed by atoms with Crippen molar-refractivity contribution in [1.29, 1.82) is 0 Å². The predicted molar refractivity (Wildman–Crippen MR) is 73.2 cm³/mol. The Kier molecular flexibility index (Phi) is 5.71. The third kappa shape index (κ3) is 4.72. The van der Waals surface area contributed by atoms with Gasteiger partial charge in [0.2, 0.25) is 5.91 Å². The summed E-state index contributed by atoms with van der Waals surface area (Å²) in [7, 11) is 2.72. The number of ether oxygens (including phenoxy) is 1. The largest absolute Gasteiger partial charge is 0.468 e. The zero-order valence-corrected chi connectivity index (χ0v) is 11.8. The fraction of sp³-hybridized carbons (Fsp3) is 0.357. The van der Waals surface area contributed by atoms with Gasteiger partial charge in [0.1, 0.15) is 6.54 Å². The van der Waals surface area contributed by atoms with E-state index in [0.717, 1.165) is 5.56 Å². The molecule has 0 saturated carbocycles. The van der Waals surface area contributed by atoms with Crippen molar-refractivity contribution in [3.05, 3.63) is 35.4 Å². The molecule has 0 bridgehead atoms. The van der Waals surface area contributed by atoms with Gasteiger partial charge in [0.15, 0.2) is 0 Å². The number of nitrogens with one attached hydrogen (secondary N) is 1. The fourth-order valence-electron chi connectivity index (χ4n) is 1.44. The summed E-state index contributed by atoms with van der Waals surface area (Å²) in [6, 6.07) is 7.01. The number of likely N-dealkylation sites (N-methyl/N-ethyl adjacent to an activating group) is 1. The van der Waals surface area contributed by atoms with Gasteiger partial charge in [-0.25, -0.2) is 0 Å². The minimum atomic E-state index is -0.509. The van der Waals surface area contributed by atoms with Gasteiger partial charge in [-0.2, -0.15) is 0 Å². The Hall–Kier alpha value is -2.37. The van der Waals surface area contributed by atoms with Crippen LogP contribution in [0.15, 0.2) is 24.3 Å². The molecular formula is C14H18N2O4. The molecule has 1 aromatic carbocycles. The summed E-state index contributed by atoms with van der Waals surface area (Å²) in [4.78, 5) is 35.7. The molecule has 0 aliphatic carbocycles. The third-order valence-corrected chi connectivity index (χ3v) is 2.73. The average molecular weight is 278 g/mol. The lowest BCUT2D eigenvalue weighted by atomic mass is 10.1. The molecule has 1 rings (SSSR count). The first-order valence-electron chi connectivity index (χ1n) is 6.09. The average Bonchev–Trinajstić information content (AvgIpc) is 2.44. The Labute approximate surface area is 117 Å². The van der Waals surface area contributed by atoms with E-state index in [1.54, 1.807) is 12.1 Å². The van der Waals surface area contributed by atoms with Gasteiger partial charge in [0.25, 0.3) is 5.91 Å². The first-order chi connectivity index (χ1) is 9.43. The van der Waals surface area contributed by atoms with E-state index in [0.29, 0.717) is 5.56 Å². The molecule has 20 heavy (non-hydrogen) atoms. The van der Waals surface area contributed by atoms with Crippen molar-refractivity contribution >= 4 is 17.8 Å². The molecule has 2 amide bonds. The fourth-order valence-corrected chi connectivity index (χ4v) is 1.44. The summed E-state index contributed by atoms with van der Waals surface area (Å²) in [5.41, 5.74) is 1.54. The smallest absolute Gasteiger partial charge is 0.325 e. The molecule has 0 atom stereocenters. The quantitative estimate of drug-likeness (QED) is 0.789. The second-order valence-corrected chi connectivity index (χ2v) is 4.37. The number of methoxy groups -OCH3 is 1. The number of carbonyl (C=O) groups is 3. The molecule has 0 aromatic heterocycles. The van der Waals surface area contributed by atoms with Gasteiger partial charge in [-0.3, -0.25) is 14.4 Å². The van der Waals surface area contributed by atoms with E-state index < -0.39 is 5.97 Å². The van der Waals surface area contributed by atoms with Crippen molar-refractivity contribution in [2.45, 2.75) is 6.92 Å². The Balaban J connectivity index is 2.46. The molecule has 0 aliphatic heterocycles. The number of rotatable bonds is 5. The summed E-state index contributed by atoms with van der Waals surface area (Å²) in [6.07, 6.45) is 0. The van der Waals surface area contributed by atoms with Crippen molar-refractivity contribution in [2.24, 2.45) is 0 Å². The highest BCUT2D eigenvalue weighted by Crippen LogP contribution is 2.02. The highest BCUT2D eigenvalue weighted by molar-refractivity contribution is 5.96. The SMILES string of the molecule is COC(=O)CN(C)C(=O)CNC(=O)c1ccc(C)cc1. The van der Waals surface area contributed by atoms with E-state index in [9.17, 15) is 14.4 Å².